The number of fused-ring (bicyclic) bond motifs is 3. The van der Waals surface area contributed by atoms with Crippen molar-refractivity contribution in [2.24, 2.45) is 0 Å². The molecule has 3 rings (SSSR count). The highest BCUT2D eigenvalue weighted by Crippen LogP contribution is 2.44. The summed E-state index contributed by atoms with van der Waals surface area (Å²) in [6.07, 6.45) is 1.51. The van der Waals surface area contributed by atoms with Gasteiger partial charge >= 0.3 is 0 Å². The van der Waals surface area contributed by atoms with Crippen molar-refractivity contribution in [3.8, 4) is 34.1 Å². The first-order valence-electron chi connectivity index (χ1n) is 6.05. The van der Waals surface area contributed by atoms with Crippen molar-refractivity contribution in [1.82, 2.24) is 0 Å². The molecule has 4 heteroatoms. The van der Waals surface area contributed by atoms with Crippen LogP contribution in [0, 0.1) is 0 Å². The normalized spacial score (nSPS) is 12.7. The molecule has 0 aromatic heterocycles. The minimum atomic E-state index is -0.179. The molecular weight excluding hydrogens is 244 g/mol. The van der Waals surface area contributed by atoms with Crippen LogP contribution in [0.1, 0.15) is 11.1 Å². The van der Waals surface area contributed by atoms with E-state index in [1.54, 1.807) is 19.2 Å². The van der Waals surface area contributed by atoms with Crippen molar-refractivity contribution < 1.29 is 20.1 Å². The molecule has 0 unspecified atom stereocenters. The molecule has 0 aliphatic heterocycles. The average Bonchev–Trinajstić information content (AvgIpc) is 2.39. The molecular formula is C15H14O4. The zero-order valence-electron chi connectivity index (χ0n) is 10.5. The van der Waals surface area contributed by atoms with E-state index in [1.165, 1.54) is 6.07 Å². The summed E-state index contributed by atoms with van der Waals surface area (Å²) >= 11 is 0. The molecule has 0 heterocycles. The summed E-state index contributed by atoms with van der Waals surface area (Å²) in [5, 5.41) is 29.3. The quantitative estimate of drug-likeness (QED) is 0.688. The summed E-state index contributed by atoms with van der Waals surface area (Å²) in [7, 11) is 1.56. The Kier molecular flexibility index (Phi) is 2.52. The fourth-order valence-corrected chi connectivity index (χ4v) is 2.61. The van der Waals surface area contributed by atoms with Crippen LogP contribution >= 0.6 is 0 Å². The highest BCUT2D eigenvalue weighted by atomic mass is 16.5. The monoisotopic (exact) mass is 258 g/mol. The molecule has 0 bridgehead atoms. The maximum atomic E-state index is 10.2. The third kappa shape index (κ3) is 1.76. The summed E-state index contributed by atoms with van der Waals surface area (Å²) in [6, 6.07) is 6.49. The third-order valence-electron chi connectivity index (χ3n) is 3.54. The van der Waals surface area contributed by atoms with Gasteiger partial charge in [0, 0.05) is 11.6 Å². The number of hydrogen-bond donors (Lipinski definition) is 3. The van der Waals surface area contributed by atoms with Gasteiger partial charge in [0.1, 0.15) is 11.5 Å². The number of rotatable bonds is 1. The largest absolute Gasteiger partial charge is 0.507 e. The number of aromatic hydroxyl groups is 3. The molecule has 3 N–H and O–H groups in total. The second-order valence-electron chi connectivity index (χ2n) is 4.68. The predicted molar refractivity (Wildman–Crippen MR) is 70.8 cm³/mol. The molecule has 0 spiro atoms. The minimum absolute atomic E-state index is 0.125. The SMILES string of the molecule is COc1cc(O)c2c(c1)CCc1cc(O)c(O)cc1-2. The fraction of sp³-hybridized carbons (Fsp3) is 0.200. The Morgan fingerprint density at radius 3 is 2.26 bits per heavy atom. The van der Waals surface area contributed by atoms with Gasteiger partial charge in [-0.15, -0.1) is 0 Å². The van der Waals surface area contributed by atoms with Crippen LogP contribution in [0.3, 0.4) is 0 Å². The van der Waals surface area contributed by atoms with Gasteiger partial charge in [0.15, 0.2) is 11.5 Å². The first kappa shape index (κ1) is 11.7. The molecule has 19 heavy (non-hydrogen) atoms. The summed E-state index contributed by atoms with van der Waals surface area (Å²) in [4.78, 5) is 0. The number of hydrogen-bond acceptors (Lipinski definition) is 4. The molecule has 2 aromatic rings. The van der Waals surface area contributed by atoms with Gasteiger partial charge in [0.2, 0.25) is 0 Å². The lowest BCUT2D eigenvalue weighted by atomic mass is 9.84. The van der Waals surface area contributed by atoms with Crippen LogP contribution in [0.5, 0.6) is 23.0 Å². The fourth-order valence-electron chi connectivity index (χ4n) is 2.61. The Labute approximate surface area is 110 Å². The van der Waals surface area contributed by atoms with Gasteiger partial charge < -0.3 is 20.1 Å². The van der Waals surface area contributed by atoms with Crippen LogP contribution in [0.25, 0.3) is 11.1 Å². The first-order valence-corrected chi connectivity index (χ1v) is 6.05. The van der Waals surface area contributed by atoms with E-state index in [0.29, 0.717) is 11.3 Å². The zero-order chi connectivity index (χ0) is 13.6. The van der Waals surface area contributed by atoms with Crippen LogP contribution in [0.15, 0.2) is 24.3 Å². The number of ether oxygens (including phenoxy) is 1. The lowest BCUT2D eigenvalue weighted by Crippen LogP contribution is -2.04. The van der Waals surface area contributed by atoms with E-state index in [2.05, 4.69) is 0 Å². The molecule has 0 fully saturated rings. The molecule has 4 nitrogen and oxygen atoms in total. The third-order valence-corrected chi connectivity index (χ3v) is 3.54. The lowest BCUT2D eigenvalue weighted by Gasteiger charge is -2.22. The summed E-state index contributed by atoms with van der Waals surface area (Å²) in [6.45, 7) is 0. The topological polar surface area (TPSA) is 69.9 Å². The second kappa shape index (κ2) is 4.09. The molecule has 0 saturated carbocycles. The van der Waals surface area contributed by atoms with Gasteiger partial charge in [0.25, 0.3) is 0 Å². The molecule has 98 valence electrons. The van der Waals surface area contributed by atoms with Gasteiger partial charge in [-0.2, -0.15) is 0 Å². The van der Waals surface area contributed by atoms with Gasteiger partial charge in [-0.3, -0.25) is 0 Å². The van der Waals surface area contributed by atoms with Crippen LogP contribution in [-0.2, 0) is 12.8 Å². The van der Waals surface area contributed by atoms with Crippen LogP contribution in [0.2, 0.25) is 0 Å². The molecule has 1 aliphatic rings. The Bertz CT molecular complexity index is 662. The predicted octanol–water partition coefficient (Wildman–Crippen LogP) is 2.58. The minimum Gasteiger partial charge on any atom is -0.507 e. The number of aryl methyl sites for hydroxylation is 2. The van der Waals surface area contributed by atoms with E-state index in [1.807, 2.05) is 6.07 Å². The van der Waals surface area contributed by atoms with Crippen molar-refractivity contribution in [1.29, 1.82) is 0 Å². The summed E-state index contributed by atoms with van der Waals surface area (Å²) < 4.78 is 5.14. The number of phenolic OH excluding ortho intramolecular Hbond substituents is 3. The van der Waals surface area contributed by atoms with Crippen molar-refractivity contribution in [2.75, 3.05) is 7.11 Å². The Balaban J connectivity index is 2.26. The van der Waals surface area contributed by atoms with Crippen molar-refractivity contribution in [3.05, 3.63) is 35.4 Å². The number of benzene rings is 2. The molecule has 1 aliphatic carbocycles. The maximum absolute atomic E-state index is 10.2. The Morgan fingerprint density at radius 2 is 1.53 bits per heavy atom. The lowest BCUT2D eigenvalue weighted by molar-refractivity contribution is 0.402. The molecule has 0 amide bonds. The van der Waals surface area contributed by atoms with Gasteiger partial charge in [-0.05, 0) is 47.7 Å². The van der Waals surface area contributed by atoms with E-state index in [0.717, 1.165) is 29.5 Å². The van der Waals surface area contributed by atoms with E-state index in [4.69, 9.17) is 4.74 Å². The second-order valence-corrected chi connectivity index (χ2v) is 4.68. The molecule has 0 atom stereocenters. The van der Waals surface area contributed by atoms with Gasteiger partial charge in [-0.1, -0.05) is 0 Å². The van der Waals surface area contributed by atoms with Crippen LogP contribution in [-0.4, -0.2) is 22.4 Å². The highest BCUT2D eigenvalue weighted by molar-refractivity contribution is 5.81. The first-order chi connectivity index (χ1) is 9.10. The Morgan fingerprint density at radius 1 is 0.842 bits per heavy atom. The number of phenols is 3. The van der Waals surface area contributed by atoms with E-state index < -0.39 is 0 Å². The van der Waals surface area contributed by atoms with Gasteiger partial charge in [-0.25, -0.2) is 0 Å². The van der Waals surface area contributed by atoms with Crippen molar-refractivity contribution >= 4 is 0 Å². The van der Waals surface area contributed by atoms with Crippen LogP contribution in [0.4, 0.5) is 0 Å². The van der Waals surface area contributed by atoms with E-state index >= 15 is 0 Å². The van der Waals surface area contributed by atoms with Crippen molar-refractivity contribution in [3.63, 3.8) is 0 Å². The molecule has 0 saturated heterocycles. The zero-order valence-corrected chi connectivity index (χ0v) is 10.5. The number of methoxy groups -OCH3 is 1. The van der Waals surface area contributed by atoms with E-state index in [9.17, 15) is 15.3 Å². The standard InChI is InChI=1S/C15H14O4/c1-19-10-4-9-3-2-8-5-12(16)13(17)7-11(8)15(9)14(18)6-10/h4-7,16-18H,2-3H2,1H3. The summed E-state index contributed by atoms with van der Waals surface area (Å²) in [5.74, 6) is 0.431. The summed E-state index contributed by atoms with van der Waals surface area (Å²) in [5.41, 5.74) is 3.37. The van der Waals surface area contributed by atoms with Crippen LogP contribution < -0.4 is 4.74 Å². The Hall–Kier alpha value is -2.36. The highest BCUT2D eigenvalue weighted by Gasteiger charge is 2.22. The van der Waals surface area contributed by atoms with Crippen molar-refractivity contribution in [2.45, 2.75) is 12.8 Å². The molecule has 2 aromatic carbocycles. The average molecular weight is 258 g/mol. The molecule has 0 radical (unpaired) electrons. The maximum Gasteiger partial charge on any atom is 0.158 e. The smallest absolute Gasteiger partial charge is 0.158 e. The van der Waals surface area contributed by atoms with Gasteiger partial charge in [0.05, 0.1) is 7.11 Å². The van der Waals surface area contributed by atoms with E-state index in [-0.39, 0.29) is 17.2 Å².